The maximum atomic E-state index is 3.53. The highest BCUT2D eigenvalue weighted by atomic mass is 15.0. The maximum absolute atomic E-state index is 3.53. The van der Waals surface area contributed by atoms with Crippen molar-refractivity contribution in [2.45, 2.75) is 46.1 Å². The van der Waals surface area contributed by atoms with Crippen LogP contribution in [0.4, 0.5) is 0 Å². The molecule has 0 radical (unpaired) electrons. The summed E-state index contributed by atoms with van der Waals surface area (Å²) >= 11 is 0. The molecule has 2 saturated carbocycles. The molecule has 0 amide bonds. The molecule has 3 atom stereocenters. The third-order valence-electron chi connectivity index (χ3n) is 4.56. The Morgan fingerprint density at radius 2 is 1.92 bits per heavy atom. The largest absolute Gasteiger partial charge is 0.316 e. The van der Waals surface area contributed by atoms with Crippen molar-refractivity contribution >= 4 is 0 Å². The predicted octanol–water partition coefficient (Wildman–Crippen LogP) is 2.42. The Morgan fingerprint density at radius 3 is 2.25 bits per heavy atom. The van der Waals surface area contributed by atoms with Gasteiger partial charge < -0.3 is 5.32 Å². The van der Waals surface area contributed by atoms with Crippen LogP contribution in [0, 0.1) is 16.7 Å². The standard InChI is InChI=1S/C11H21N/c1-10(2)8-5-6-11(3,7-8)9(10)12-4/h8-9,12H,5-7H2,1-4H3/t8?,9-,11?/m1/s1. The minimum atomic E-state index is 0.530. The lowest BCUT2D eigenvalue weighted by molar-refractivity contribution is 0.116. The number of rotatable bonds is 1. The summed E-state index contributed by atoms with van der Waals surface area (Å²) in [6, 6.07) is 0.740. The lowest BCUT2D eigenvalue weighted by atomic mass is 9.68. The lowest BCUT2D eigenvalue weighted by Crippen LogP contribution is -2.48. The summed E-state index contributed by atoms with van der Waals surface area (Å²) in [7, 11) is 2.12. The van der Waals surface area contributed by atoms with E-state index in [1.807, 2.05) is 0 Å². The van der Waals surface area contributed by atoms with Crippen LogP contribution in [0.15, 0.2) is 0 Å². The molecule has 2 aliphatic carbocycles. The summed E-state index contributed by atoms with van der Waals surface area (Å²) in [5, 5.41) is 3.53. The van der Waals surface area contributed by atoms with Crippen molar-refractivity contribution in [2.24, 2.45) is 16.7 Å². The van der Waals surface area contributed by atoms with Crippen molar-refractivity contribution in [1.82, 2.24) is 5.32 Å². The van der Waals surface area contributed by atoms with Gasteiger partial charge in [0, 0.05) is 6.04 Å². The van der Waals surface area contributed by atoms with Crippen LogP contribution in [-0.4, -0.2) is 13.1 Å². The second-order valence-electron chi connectivity index (χ2n) is 5.64. The van der Waals surface area contributed by atoms with Crippen LogP contribution in [0.3, 0.4) is 0 Å². The van der Waals surface area contributed by atoms with E-state index in [9.17, 15) is 0 Å². The molecular weight excluding hydrogens is 146 g/mol. The summed E-state index contributed by atoms with van der Waals surface area (Å²) < 4.78 is 0. The Bertz CT molecular complexity index is 192. The number of hydrogen-bond donors (Lipinski definition) is 1. The highest BCUT2D eigenvalue weighted by Gasteiger charge is 2.58. The molecule has 0 spiro atoms. The Hall–Kier alpha value is -0.0400. The van der Waals surface area contributed by atoms with E-state index in [0.29, 0.717) is 10.8 Å². The molecule has 2 bridgehead atoms. The molecule has 0 aromatic carbocycles. The van der Waals surface area contributed by atoms with Gasteiger partial charge in [0.1, 0.15) is 0 Å². The zero-order valence-corrected chi connectivity index (χ0v) is 8.78. The predicted molar refractivity (Wildman–Crippen MR) is 52.1 cm³/mol. The van der Waals surface area contributed by atoms with E-state index in [2.05, 4.69) is 33.1 Å². The molecule has 0 aromatic heterocycles. The first-order valence-electron chi connectivity index (χ1n) is 5.18. The molecule has 0 aliphatic heterocycles. The fourth-order valence-corrected chi connectivity index (χ4v) is 4.02. The molecule has 2 rings (SSSR count). The fraction of sp³-hybridized carbons (Fsp3) is 1.00. The van der Waals surface area contributed by atoms with E-state index in [1.54, 1.807) is 0 Å². The highest BCUT2D eigenvalue weighted by Crippen LogP contribution is 2.62. The SMILES string of the molecule is CN[C@H]1C2(C)CCC(C2)C1(C)C. The number of nitrogens with one attached hydrogen (secondary N) is 1. The third kappa shape index (κ3) is 0.834. The van der Waals surface area contributed by atoms with Crippen LogP contribution in [0.2, 0.25) is 0 Å². The summed E-state index contributed by atoms with van der Waals surface area (Å²) in [6.07, 6.45) is 4.35. The van der Waals surface area contributed by atoms with Crippen molar-refractivity contribution < 1.29 is 0 Å². The van der Waals surface area contributed by atoms with E-state index in [1.165, 1.54) is 19.3 Å². The molecule has 0 saturated heterocycles. The summed E-state index contributed by atoms with van der Waals surface area (Å²) in [6.45, 7) is 7.33. The van der Waals surface area contributed by atoms with Gasteiger partial charge in [0.2, 0.25) is 0 Å². The quantitative estimate of drug-likeness (QED) is 0.632. The molecule has 1 nitrogen and oxygen atoms in total. The van der Waals surface area contributed by atoms with E-state index in [-0.39, 0.29) is 0 Å². The average Bonchev–Trinajstić information content (AvgIpc) is 2.39. The first-order chi connectivity index (χ1) is 5.50. The van der Waals surface area contributed by atoms with Gasteiger partial charge in [-0.05, 0) is 43.1 Å². The molecule has 0 heterocycles. The van der Waals surface area contributed by atoms with Crippen molar-refractivity contribution in [3.8, 4) is 0 Å². The molecule has 0 aromatic rings. The Labute approximate surface area is 75.9 Å². The van der Waals surface area contributed by atoms with Gasteiger partial charge in [-0.25, -0.2) is 0 Å². The van der Waals surface area contributed by atoms with Crippen LogP contribution >= 0.6 is 0 Å². The third-order valence-corrected chi connectivity index (χ3v) is 4.56. The zero-order valence-electron chi connectivity index (χ0n) is 8.78. The van der Waals surface area contributed by atoms with Gasteiger partial charge >= 0.3 is 0 Å². The second kappa shape index (κ2) is 2.25. The molecule has 2 aliphatic rings. The Balaban J connectivity index is 2.31. The van der Waals surface area contributed by atoms with Crippen molar-refractivity contribution in [3.05, 3.63) is 0 Å². The Kier molecular flexibility index (Phi) is 1.61. The second-order valence-corrected chi connectivity index (χ2v) is 5.64. The maximum Gasteiger partial charge on any atom is 0.0172 e. The van der Waals surface area contributed by atoms with Gasteiger partial charge in [0.05, 0.1) is 0 Å². The van der Waals surface area contributed by atoms with Crippen molar-refractivity contribution in [2.75, 3.05) is 7.05 Å². The molecule has 2 unspecified atom stereocenters. The monoisotopic (exact) mass is 167 g/mol. The van der Waals surface area contributed by atoms with Gasteiger partial charge in [-0.15, -0.1) is 0 Å². The van der Waals surface area contributed by atoms with E-state index in [4.69, 9.17) is 0 Å². The average molecular weight is 167 g/mol. The van der Waals surface area contributed by atoms with Crippen LogP contribution < -0.4 is 5.32 Å². The smallest absolute Gasteiger partial charge is 0.0172 e. The first kappa shape index (κ1) is 8.55. The van der Waals surface area contributed by atoms with Crippen LogP contribution in [-0.2, 0) is 0 Å². The summed E-state index contributed by atoms with van der Waals surface area (Å²) in [5.74, 6) is 0.972. The van der Waals surface area contributed by atoms with E-state index in [0.717, 1.165) is 12.0 Å². The van der Waals surface area contributed by atoms with Crippen LogP contribution in [0.1, 0.15) is 40.0 Å². The minimum absolute atomic E-state index is 0.530. The fourth-order valence-electron chi connectivity index (χ4n) is 4.02. The van der Waals surface area contributed by atoms with Crippen molar-refractivity contribution in [1.29, 1.82) is 0 Å². The van der Waals surface area contributed by atoms with E-state index >= 15 is 0 Å². The van der Waals surface area contributed by atoms with Crippen molar-refractivity contribution in [3.63, 3.8) is 0 Å². The molecule has 12 heavy (non-hydrogen) atoms. The summed E-state index contributed by atoms with van der Waals surface area (Å²) in [5.41, 5.74) is 1.13. The Morgan fingerprint density at radius 1 is 1.25 bits per heavy atom. The minimum Gasteiger partial charge on any atom is -0.316 e. The number of fused-ring (bicyclic) bond motifs is 2. The molecule has 1 N–H and O–H groups in total. The van der Waals surface area contributed by atoms with Gasteiger partial charge in [-0.1, -0.05) is 20.8 Å². The van der Waals surface area contributed by atoms with Gasteiger partial charge in [0.25, 0.3) is 0 Å². The normalized spacial score (nSPS) is 50.0. The lowest BCUT2D eigenvalue weighted by Gasteiger charge is -2.42. The van der Waals surface area contributed by atoms with Crippen LogP contribution in [0.5, 0.6) is 0 Å². The highest BCUT2D eigenvalue weighted by molar-refractivity contribution is 5.11. The molecule has 2 fully saturated rings. The molecular formula is C11H21N. The zero-order chi connectivity index (χ0) is 8.98. The molecule has 70 valence electrons. The number of hydrogen-bond acceptors (Lipinski definition) is 1. The van der Waals surface area contributed by atoms with E-state index < -0.39 is 0 Å². The van der Waals surface area contributed by atoms with Gasteiger partial charge in [0.15, 0.2) is 0 Å². The first-order valence-corrected chi connectivity index (χ1v) is 5.18. The van der Waals surface area contributed by atoms with Crippen LogP contribution in [0.25, 0.3) is 0 Å². The summed E-state index contributed by atoms with van der Waals surface area (Å²) in [4.78, 5) is 0. The topological polar surface area (TPSA) is 12.0 Å². The molecule has 1 heteroatoms. The van der Waals surface area contributed by atoms with Gasteiger partial charge in [-0.3, -0.25) is 0 Å². The van der Waals surface area contributed by atoms with Gasteiger partial charge in [-0.2, -0.15) is 0 Å².